The maximum Gasteiger partial charge on any atom is 0.337 e. The number of hydrogen-bond acceptors (Lipinski definition) is 5. The van der Waals surface area contributed by atoms with Crippen LogP contribution in [-0.4, -0.2) is 28.0 Å². The van der Waals surface area contributed by atoms with Crippen molar-refractivity contribution in [2.24, 2.45) is 5.92 Å². The van der Waals surface area contributed by atoms with Gasteiger partial charge in [0.2, 0.25) is 10.0 Å². The van der Waals surface area contributed by atoms with Crippen LogP contribution in [0, 0.1) is 5.92 Å². The Morgan fingerprint density at radius 1 is 1.43 bits per heavy atom. The Morgan fingerprint density at radius 2 is 2.14 bits per heavy atom. The van der Waals surface area contributed by atoms with Gasteiger partial charge in [-0.3, -0.25) is 0 Å². The van der Waals surface area contributed by atoms with E-state index in [-0.39, 0.29) is 16.1 Å². The van der Waals surface area contributed by atoms with Crippen LogP contribution in [0.3, 0.4) is 0 Å². The minimum atomic E-state index is -3.64. The Balaban J connectivity index is 2.02. The highest BCUT2D eigenvalue weighted by Gasteiger charge is 2.22. The molecule has 1 aliphatic carbocycles. The fourth-order valence-electron chi connectivity index (χ4n) is 2.12. The molecule has 0 amide bonds. The standard InChI is InChI=1S/C14H20N2O4S/c1-20-14(17)11-6-7-13(12(15)9-11)21(18,19)16-8-2-3-10-4-5-10/h6-7,9-10,16H,2-5,8,15H2,1H3. The van der Waals surface area contributed by atoms with Gasteiger partial charge in [0.25, 0.3) is 0 Å². The van der Waals surface area contributed by atoms with Crippen LogP contribution in [0.2, 0.25) is 0 Å². The van der Waals surface area contributed by atoms with Crippen molar-refractivity contribution >= 4 is 21.7 Å². The van der Waals surface area contributed by atoms with Crippen LogP contribution in [0.4, 0.5) is 5.69 Å². The van der Waals surface area contributed by atoms with Gasteiger partial charge < -0.3 is 10.5 Å². The summed E-state index contributed by atoms with van der Waals surface area (Å²) in [5, 5.41) is 0. The van der Waals surface area contributed by atoms with Crippen molar-refractivity contribution < 1.29 is 17.9 Å². The third kappa shape index (κ3) is 4.18. The lowest BCUT2D eigenvalue weighted by Crippen LogP contribution is -2.25. The number of sulfonamides is 1. The molecule has 0 unspecified atom stereocenters. The van der Waals surface area contributed by atoms with Gasteiger partial charge >= 0.3 is 5.97 Å². The maximum absolute atomic E-state index is 12.2. The summed E-state index contributed by atoms with van der Waals surface area (Å²) < 4.78 is 31.4. The third-order valence-corrected chi connectivity index (χ3v) is 5.03. The van der Waals surface area contributed by atoms with E-state index in [9.17, 15) is 13.2 Å². The van der Waals surface area contributed by atoms with Crippen LogP contribution in [0.5, 0.6) is 0 Å². The van der Waals surface area contributed by atoms with E-state index in [0.717, 1.165) is 18.8 Å². The molecule has 0 radical (unpaired) electrons. The fourth-order valence-corrected chi connectivity index (χ4v) is 3.30. The van der Waals surface area contributed by atoms with Crippen LogP contribution in [0.1, 0.15) is 36.0 Å². The number of anilines is 1. The van der Waals surface area contributed by atoms with Crippen molar-refractivity contribution in [3.8, 4) is 0 Å². The highest BCUT2D eigenvalue weighted by molar-refractivity contribution is 7.89. The van der Waals surface area contributed by atoms with Crippen molar-refractivity contribution in [1.29, 1.82) is 0 Å². The summed E-state index contributed by atoms with van der Waals surface area (Å²) in [4.78, 5) is 11.4. The lowest BCUT2D eigenvalue weighted by atomic mass is 10.2. The highest BCUT2D eigenvalue weighted by Crippen LogP contribution is 2.33. The first-order valence-corrected chi connectivity index (χ1v) is 8.40. The zero-order valence-corrected chi connectivity index (χ0v) is 12.8. The van der Waals surface area contributed by atoms with Gasteiger partial charge in [0.05, 0.1) is 18.4 Å². The second kappa shape index (κ2) is 6.44. The predicted molar refractivity (Wildman–Crippen MR) is 79.3 cm³/mol. The molecule has 1 fully saturated rings. The quantitative estimate of drug-likeness (QED) is 0.452. The summed E-state index contributed by atoms with van der Waals surface area (Å²) in [5.41, 5.74) is 6.00. The van der Waals surface area contributed by atoms with Crippen molar-refractivity contribution in [2.45, 2.75) is 30.6 Å². The number of nitrogens with one attached hydrogen (secondary N) is 1. The number of methoxy groups -OCH3 is 1. The molecular weight excluding hydrogens is 292 g/mol. The molecule has 7 heteroatoms. The summed E-state index contributed by atoms with van der Waals surface area (Å²) in [6.07, 6.45) is 4.40. The van der Waals surface area contributed by atoms with E-state index < -0.39 is 16.0 Å². The van der Waals surface area contributed by atoms with E-state index in [1.807, 2.05) is 0 Å². The first kappa shape index (κ1) is 15.8. The number of ether oxygens (including phenoxy) is 1. The highest BCUT2D eigenvalue weighted by atomic mass is 32.2. The van der Waals surface area contributed by atoms with Crippen molar-refractivity contribution in [1.82, 2.24) is 4.72 Å². The minimum Gasteiger partial charge on any atom is -0.465 e. The van der Waals surface area contributed by atoms with Gasteiger partial charge in [-0.15, -0.1) is 0 Å². The van der Waals surface area contributed by atoms with Gasteiger partial charge in [0, 0.05) is 6.54 Å². The first-order chi connectivity index (χ1) is 9.94. The van der Waals surface area contributed by atoms with Gasteiger partial charge in [-0.2, -0.15) is 0 Å². The van der Waals surface area contributed by atoms with Gasteiger partial charge in [-0.25, -0.2) is 17.9 Å². The fraction of sp³-hybridized carbons (Fsp3) is 0.500. The van der Waals surface area contributed by atoms with Crippen molar-refractivity contribution in [3.63, 3.8) is 0 Å². The molecule has 0 atom stereocenters. The Kier molecular flexibility index (Phi) is 4.84. The molecule has 116 valence electrons. The van der Waals surface area contributed by atoms with Crippen LogP contribution >= 0.6 is 0 Å². The zero-order valence-electron chi connectivity index (χ0n) is 12.0. The molecule has 21 heavy (non-hydrogen) atoms. The maximum atomic E-state index is 12.2. The molecule has 2 rings (SSSR count). The molecule has 0 bridgehead atoms. The second-order valence-electron chi connectivity index (χ2n) is 5.23. The Labute approximate surface area is 124 Å². The average Bonchev–Trinajstić information content (AvgIpc) is 3.26. The van der Waals surface area contributed by atoms with E-state index in [2.05, 4.69) is 9.46 Å². The largest absolute Gasteiger partial charge is 0.465 e. The molecule has 0 aromatic heterocycles. The van der Waals surface area contributed by atoms with Gasteiger partial charge in [-0.1, -0.05) is 12.8 Å². The number of carbonyl (C=O) groups excluding carboxylic acids is 1. The summed E-state index contributed by atoms with van der Waals surface area (Å²) in [6, 6.07) is 4.02. The molecule has 1 aromatic carbocycles. The monoisotopic (exact) mass is 312 g/mol. The Bertz CT molecular complexity index is 624. The summed E-state index contributed by atoms with van der Waals surface area (Å²) in [5.74, 6) is 0.224. The van der Waals surface area contributed by atoms with E-state index in [1.165, 1.54) is 38.2 Å². The van der Waals surface area contributed by atoms with Crippen molar-refractivity contribution in [2.75, 3.05) is 19.4 Å². The van der Waals surface area contributed by atoms with Crippen LogP contribution in [0.15, 0.2) is 23.1 Å². The smallest absolute Gasteiger partial charge is 0.337 e. The molecule has 1 saturated carbocycles. The number of nitrogen functional groups attached to an aromatic ring is 1. The number of esters is 1. The third-order valence-electron chi connectivity index (χ3n) is 3.50. The average molecular weight is 312 g/mol. The summed E-state index contributed by atoms with van der Waals surface area (Å²) >= 11 is 0. The topological polar surface area (TPSA) is 98.5 Å². The Morgan fingerprint density at radius 3 is 2.71 bits per heavy atom. The van der Waals surface area contributed by atoms with Crippen LogP contribution < -0.4 is 10.5 Å². The minimum absolute atomic E-state index is 0.0124. The van der Waals surface area contributed by atoms with Crippen LogP contribution in [0.25, 0.3) is 0 Å². The lowest BCUT2D eigenvalue weighted by molar-refractivity contribution is 0.0600. The predicted octanol–water partition coefficient (Wildman–Crippen LogP) is 1.52. The number of nitrogens with two attached hydrogens (primary N) is 1. The Hall–Kier alpha value is -1.60. The molecular formula is C14H20N2O4S. The van der Waals surface area contributed by atoms with E-state index in [0.29, 0.717) is 6.54 Å². The SMILES string of the molecule is COC(=O)c1ccc(S(=O)(=O)NCCCC2CC2)c(N)c1. The van der Waals surface area contributed by atoms with Gasteiger partial charge in [0.1, 0.15) is 4.90 Å². The number of benzene rings is 1. The summed E-state index contributed by atoms with van der Waals surface area (Å²) in [7, 11) is -2.39. The van der Waals surface area contributed by atoms with E-state index in [4.69, 9.17) is 5.73 Å². The van der Waals surface area contributed by atoms with Crippen LogP contribution in [-0.2, 0) is 14.8 Å². The van der Waals surface area contributed by atoms with E-state index >= 15 is 0 Å². The van der Waals surface area contributed by atoms with Gasteiger partial charge in [-0.05, 0) is 37.0 Å². The molecule has 6 nitrogen and oxygen atoms in total. The molecule has 1 aromatic rings. The number of hydrogen-bond donors (Lipinski definition) is 2. The van der Waals surface area contributed by atoms with Crippen molar-refractivity contribution in [3.05, 3.63) is 23.8 Å². The molecule has 0 spiro atoms. The summed E-state index contributed by atoms with van der Waals surface area (Å²) in [6.45, 7) is 0.400. The number of rotatable bonds is 7. The first-order valence-electron chi connectivity index (χ1n) is 6.91. The van der Waals surface area contributed by atoms with Gasteiger partial charge in [0.15, 0.2) is 0 Å². The zero-order chi connectivity index (χ0) is 15.5. The molecule has 0 heterocycles. The van der Waals surface area contributed by atoms with E-state index in [1.54, 1.807) is 0 Å². The lowest BCUT2D eigenvalue weighted by Gasteiger charge is -2.10. The molecule has 0 saturated heterocycles. The normalized spacial score (nSPS) is 14.9. The molecule has 1 aliphatic rings. The molecule has 3 N–H and O–H groups in total. The second-order valence-corrected chi connectivity index (χ2v) is 6.96. The molecule has 0 aliphatic heterocycles. The number of carbonyl (C=O) groups is 1.